The summed E-state index contributed by atoms with van der Waals surface area (Å²) in [5.74, 6) is 2.19. The van der Waals surface area contributed by atoms with Gasteiger partial charge in [0.1, 0.15) is 6.61 Å². The number of carbonyl (C=O) groups is 1. The van der Waals surface area contributed by atoms with Crippen LogP contribution in [0.3, 0.4) is 0 Å². The Bertz CT molecular complexity index is 860. The molecule has 1 unspecified atom stereocenters. The summed E-state index contributed by atoms with van der Waals surface area (Å²) in [6.07, 6.45) is 0.663. The van der Waals surface area contributed by atoms with Gasteiger partial charge >= 0.3 is 0 Å². The highest BCUT2D eigenvalue weighted by molar-refractivity contribution is 14.0. The maximum atomic E-state index is 11.8. The minimum Gasteiger partial charge on any atom is -0.486 e. The van der Waals surface area contributed by atoms with Crippen LogP contribution in [0.15, 0.2) is 53.5 Å². The predicted octanol–water partition coefficient (Wildman–Crippen LogP) is 2.60. The van der Waals surface area contributed by atoms with Gasteiger partial charge in [-0.05, 0) is 43.2 Å². The van der Waals surface area contributed by atoms with Gasteiger partial charge in [-0.3, -0.25) is 4.79 Å². The molecule has 1 aliphatic rings. The molecule has 0 radical (unpaired) electrons. The van der Waals surface area contributed by atoms with Gasteiger partial charge < -0.3 is 25.4 Å². The molecule has 2 aromatic carbocycles. The van der Waals surface area contributed by atoms with Crippen molar-refractivity contribution in [1.82, 2.24) is 16.0 Å². The lowest BCUT2D eigenvalue weighted by molar-refractivity contribution is 0.0963. The van der Waals surface area contributed by atoms with Gasteiger partial charge in [0.15, 0.2) is 23.6 Å². The third-order valence-electron chi connectivity index (χ3n) is 4.49. The van der Waals surface area contributed by atoms with Crippen LogP contribution in [0.4, 0.5) is 0 Å². The summed E-state index contributed by atoms with van der Waals surface area (Å²) in [4.78, 5) is 16.4. The maximum absolute atomic E-state index is 11.8. The minimum atomic E-state index is -0.121. The van der Waals surface area contributed by atoms with Gasteiger partial charge in [-0.1, -0.05) is 24.3 Å². The molecule has 0 fully saturated rings. The van der Waals surface area contributed by atoms with Crippen LogP contribution >= 0.6 is 24.0 Å². The van der Waals surface area contributed by atoms with Gasteiger partial charge in [0.05, 0.1) is 6.54 Å². The predicted molar refractivity (Wildman–Crippen MR) is 129 cm³/mol. The number of ether oxygens (including phenoxy) is 2. The molecule has 1 atom stereocenters. The first-order chi connectivity index (χ1) is 14.2. The van der Waals surface area contributed by atoms with E-state index in [1.54, 1.807) is 7.05 Å². The fourth-order valence-electron chi connectivity index (χ4n) is 3.03. The average Bonchev–Trinajstić information content (AvgIpc) is 2.77. The van der Waals surface area contributed by atoms with Crippen molar-refractivity contribution >= 4 is 35.8 Å². The number of rotatable bonds is 7. The first-order valence-corrected chi connectivity index (χ1v) is 9.91. The fourth-order valence-corrected chi connectivity index (χ4v) is 3.03. The van der Waals surface area contributed by atoms with Gasteiger partial charge in [0.25, 0.3) is 5.91 Å². The van der Waals surface area contributed by atoms with Crippen molar-refractivity contribution in [1.29, 1.82) is 0 Å². The van der Waals surface area contributed by atoms with Crippen LogP contribution < -0.4 is 25.4 Å². The zero-order chi connectivity index (χ0) is 20.5. The first kappa shape index (κ1) is 23.8. The second-order valence-electron chi connectivity index (χ2n) is 6.67. The molecule has 0 aliphatic carbocycles. The molecule has 0 saturated carbocycles. The van der Waals surface area contributed by atoms with E-state index in [1.807, 2.05) is 55.5 Å². The Morgan fingerprint density at radius 1 is 1.13 bits per heavy atom. The Balaban J connectivity index is 0.00000320. The summed E-state index contributed by atoms with van der Waals surface area (Å²) >= 11 is 0. The molecule has 0 bridgehead atoms. The van der Waals surface area contributed by atoms with Crippen LogP contribution in [-0.4, -0.2) is 51.3 Å². The molecule has 1 aliphatic heterocycles. The summed E-state index contributed by atoms with van der Waals surface area (Å²) in [6, 6.07) is 15.3. The SMILES string of the molecule is CCNC(=NCC1COc2ccccc2O1)NCCc1cccc(C(=O)NC)c1.I. The quantitative estimate of drug-likeness (QED) is 0.295. The molecule has 0 spiro atoms. The van der Waals surface area contributed by atoms with E-state index in [1.165, 1.54) is 0 Å². The largest absolute Gasteiger partial charge is 0.486 e. The number of amides is 1. The zero-order valence-corrected chi connectivity index (χ0v) is 19.6. The van der Waals surface area contributed by atoms with Crippen molar-refractivity contribution in [3.8, 4) is 11.5 Å². The number of fused-ring (bicyclic) bond motifs is 1. The monoisotopic (exact) mass is 524 g/mol. The lowest BCUT2D eigenvalue weighted by Crippen LogP contribution is -2.40. The van der Waals surface area contributed by atoms with Gasteiger partial charge in [0.2, 0.25) is 0 Å². The van der Waals surface area contributed by atoms with E-state index in [2.05, 4.69) is 20.9 Å². The highest BCUT2D eigenvalue weighted by Crippen LogP contribution is 2.30. The fraction of sp³-hybridized carbons (Fsp3) is 0.364. The molecule has 30 heavy (non-hydrogen) atoms. The van der Waals surface area contributed by atoms with E-state index < -0.39 is 0 Å². The number of hydrogen-bond donors (Lipinski definition) is 3. The molecule has 7 nitrogen and oxygen atoms in total. The van der Waals surface area contributed by atoms with Crippen LogP contribution in [0, 0.1) is 0 Å². The van der Waals surface area contributed by atoms with E-state index in [0.29, 0.717) is 25.3 Å². The minimum absolute atomic E-state index is 0. The van der Waals surface area contributed by atoms with Crippen LogP contribution in [0.25, 0.3) is 0 Å². The van der Waals surface area contributed by atoms with Crippen LogP contribution in [0.5, 0.6) is 11.5 Å². The topological polar surface area (TPSA) is 84.0 Å². The van der Waals surface area contributed by atoms with E-state index in [0.717, 1.165) is 36.0 Å². The third-order valence-corrected chi connectivity index (χ3v) is 4.49. The summed E-state index contributed by atoms with van der Waals surface area (Å²) < 4.78 is 11.7. The van der Waals surface area contributed by atoms with Crippen LogP contribution in [0.2, 0.25) is 0 Å². The van der Waals surface area contributed by atoms with E-state index in [-0.39, 0.29) is 36.0 Å². The molecule has 8 heteroatoms. The van der Waals surface area contributed by atoms with Gasteiger partial charge in [-0.2, -0.15) is 0 Å². The molecule has 3 rings (SSSR count). The first-order valence-electron chi connectivity index (χ1n) is 9.91. The van der Waals surface area contributed by atoms with Crippen molar-refractivity contribution in [3.05, 3.63) is 59.7 Å². The Kier molecular flexibility index (Phi) is 9.72. The Morgan fingerprint density at radius 2 is 1.93 bits per heavy atom. The standard InChI is InChI=1S/C22H28N4O3.HI/c1-3-24-22(25-12-11-16-7-6-8-17(13-16)21(27)23-2)26-14-18-15-28-19-9-4-5-10-20(19)29-18;/h4-10,13,18H,3,11-12,14-15H2,1-2H3,(H,23,27)(H2,24,25,26);1H. The summed E-state index contributed by atoms with van der Waals surface area (Å²) in [5, 5.41) is 9.23. The summed E-state index contributed by atoms with van der Waals surface area (Å²) in [7, 11) is 1.63. The normalized spacial score (nSPS) is 15.0. The highest BCUT2D eigenvalue weighted by atomic mass is 127. The van der Waals surface area contributed by atoms with E-state index >= 15 is 0 Å². The van der Waals surface area contributed by atoms with Crippen molar-refractivity contribution < 1.29 is 14.3 Å². The van der Waals surface area contributed by atoms with E-state index in [9.17, 15) is 4.79 Å². The molecule has 0 saturated heterocycles. The summed E-state index contributed by atoms with van der Waals surface area (Å²) in [5.41, 5.74) is 1.76. The Morgan fingerprint density at radius 3 is 2.70 bits per heavy atom. The molecule has 1 amide bonds. The molecule has 0 aromatic heterocycles. The van der Waals surface area contributed by atoms with E-state index in [4.69, 9.17) is 9.47 Å². The van der Waals surface area contributed by atoms with Crippen molar-refractivity contribution in [3.63, 3.8) is 0 Å². The number of benzene rings is 2. The molecular formula is C22H29IN4O3. The third kappa shape index (κ3) is 6.79. The van der Waals surface area contributed by atoms with Crippen molar-refractivity contribution in [2.45, 2.75) is 19.4 Å². The Hall–Kier alpha value is -2.49. The molecule has 2 aromatic rings. The molecule has 3 N–H and O–H groups in total. The van der Waals surface area contributed by atoms with Crippen molar-refractivity contribution in [2.75, 3.05) is 33.3 Å². The number of para-hydroxylation sites is 2. The highest BCUT2D eigenvalue weighted by Gasteiger charge is 2.20. The second-order valence-corrected chi connectivity index (χ2v) is 6.67. The molecular weight excluding hydrogens is 495 g/mol. The number of aliphatic imine (C=N–C) groups is 1. The molecule has 162 valence electrons. The van der Waals surface area contributed by atoms with Gasteiger partial charge in [-0.15, -0.1) is 24.0 Å². The average molecular weight is 524 g/mol. The second kappa shape index (κ2) is 12.3. The number of hydrogen-bond acceptors (Lipinski definition) is 4. The number of nitrogens with zero attached hydrogens (tertiary/aromatic N) is 1. The van der Waals surface area contributed by atoms with Crippen LogP contribution in [-0.2, 0) is 6.42 Å². The van der Waals surface area contributed by atoms with Crippen LogP contribution in [0.1, 0.15) is 22.8 Å². The van der Waals surface area contributed by atoms with Gasteiger partial charge in [-0.25, -0.2) is 4.99 Å². The zero-order valence-electron chi connectivity index (χ0n) is 17.3. The van der Waals surface area contributed by atoms with Gasteiger partial charge in [0, 0.05) is 25.7 Å². The maximum Gasteiger partial charge on any atom is 0.251 e. The lowest BCUT2D eigenvalue weighted by atomic mass is 10.1. The number of halogens is 1. The smallest absolute Gasteiger partial charge is 0.251 e. The number of nitrogens with one attached hydrogen (secondary N) is 3. The lowest BCUT2D eigenvalue weighted by Gasteiger charge is -2.25. The molecule has 1 heterocycles. The number of guanidine groups is 1. The summed E-state index contributed by atoms with van der Waals surface area (Å²) in [6.45, 7) is 4.47. The van der Waals surface area contributed by atoms with Crippen molar-refractivity contribution in [2.24, 2.45) is 4.99 Å². The number of carbonyl (C=O) groups excluding carboxylic acids is 1. The Labute approximate surface area is 194 Å².